The molecule has 4 nitrogen and oxygen atoms in total. The molecule has 1 aromatic heterocycles. The van der Waals surface area contributed by atoms with Crippen LogP contribution in [0.15, 0.2) is 30.6 Å². The van der Waals surface area contributed by atoms with Crippen LogP contribution in [0.2, 0.25) is 0 Å². The van der Waals surface area contributed by atoms with Crippen molar-refractivity contribution in [3.05, 3.63) is 47.5 Å². The molecule has 0 radical (unpaired) electrons. The lowest BCUT2D eigenvalue weighted by molar-refractivity contribution is -0.137. The summed E-state index contributed by atoms with van der Waals surface area (Å²) in [6.45, 7) is 0.788. The highest BCUT2D eigenvalue weighted by atomic mass is 19.4. The molecule has 0 atom stereocenters. The number of nitrogens with zero attached hydrogens (tertiary/aromatic N) is 3. The van der Waals surface area contributed by atoms with E-state index in [1.807, 2.05) is 0 Å². The van der Waals surface area contributed by atoms with Crippen molar-refractivity contribution >= 4 is 0 Å². The van der Waals surface area contributed by atoms with Crippen LogP contribution in [0.1, 0.15) is 17.0 Å². The summed E-state index contributed by atoms with van der Waals surface area (Å²) in [6.07, 6.45) is -2.82. The Kier molecular flexibility index (Phi) is 3.84. The summed E-state index contributed by atoms with van der Waals surface area (Å²) < 4.78 is 39.2. The van der Waals surface area contributed by atoms with E-state index in [0.717, 1.165) is 12.1 Å². The maximum Gasteiger partial charge on any atom is 0.416 e. The molecule has 0 amide bonds. The third-order valence-electron chi connectivity index (χ3n) is 2.52. The van der Waals surface area contributed by atoms with Crippen LogP contribution in [0.5, 0.6) is 0 Å². The van der Waals surface area contributed by atoms with Gasteiger partial charge in [-0.05, 0) is 24.7 Å². The van der Waals surface area contributed by atoms with Crippen molar-refractivity contribution in [1.82, 2.24) is 20.1 Å². The predicted octanol–water partition coefficient (Wildman–Crippen LogP) is 2.06. The van der Waals surface area contributed by atoms with Crippen LogP contribution in [0.3, 0.4) is 0 Å². The fourth-order valence-corrected chi connectivity index (χ4v) is 1.68. The summed E-state index contributed by atoms with van der Waals surface area (Å²) >= 11 is 0. The van der Waals surface area contributed by atoms with Gasteiger partial charge in [0.25, 0.3) is 0 Å². The lowest BCUT2D eigenvalue weighted by Gasteiger charge is -2.08. The zero-order valence-corrected chi connectivity index (χ0v) is 10.3. The molecule has 0 fully saturated rings. The van der Waals surface area contributed by atoms with Crippen LogP contribution in [-0.4, -0.2) is 21.8 Å². The van der Waals surface area contributed by atoms with Crippen LogP contribution < -0.4 is 5.32 Å². The van der Waals surface area contributed by atoms with Crippen LogP contribution >= 0.6 is 0 Å². The normalized spacial score (nSPS) is 11.8. The quantitative estimate of drug-likeness (QED) is 0.924. The van der Waals surface area contributed by atoms with Crippen molar-refractivity contribution < 1.29 is 13.2 Å². The monoisotopic (exact) mass is 270 g/mol. The van der Waals surface area contributed by atoms with Crippen molar-refractivity contribution in [2.24, 2.45) is 0 Å². The van der Waals surface area contributed by atoms with Crippen molar-refractivity contribution in [3.63, 3.8) is 0 Å². The van der Waals surface area contributed by atoms with E-state index in [2.05, 4.69) is 15.4 Å². The minimum atomic E-state index is -4.32. The number of rotatable bonds is 4. The average Bonchev–Trinajstić information content (AvgIpc) is 2.76. The minimum Gasteiger partial charge on any atom is -0.313 e. The second-order valence-corrected chi connectivity index (χ2v) is 4.09. The first kappa shape index (κ1) is 13.5. The van der Waals surface area contributed by atoms with Crippen LogP contribution in [0.4, 0.5) is 13.2 Å². The zero-order valence-electron chi connectivity index (χ0n) is 10.3. The molecule has 0 saturated carbocycles. The molecule has 2 rings (SSSR count). The van der Waals surface area contributed by atoms with Gasteiger partial charge in [0.05, 0.1) is 18.7 Å². The number of nitrogens with one attached hydrogen (secondary N) is 1. The minimum absolute atomic E-state index is 0.265. The Morgan fingerprint density at radius 3 is 2.79 bits per heavy atom. The summed E-state index contributed by atoms with van der Waals surface area (Å²) in [6, 6.07) is 5.20. The van der Waals surface area contributed by atoms with Gasteiger partial charge >= 0.3 is 6.18 Å². The van der Waals surface area contributed by atoms with Gasteiger partial charge in [-0.3, -0.25) is 0 Å². The number of alkyl halides is 3. The second kappa shape index (κ2) is 5.40. The van der Waals surface area contributed by atoms with E-state index >= 15 is 0 Å². The topological polar surface area (TPSA) is 42.7 Å². The van der Waals surface area contributed by atoms with E-state index in [-0.39, 0.29) is 6.54 Å². The van der Waals surface area contributed by atoms with E-state index in [4.69, 9.17) is 0 Å². The Balaban J connectivity index is 2.14. The molecule has 0 aliphatic rings. The van der Waals surface area contributed by atoms with Gasteiger partial charge in [0.2, 0.25) is 0 Å². The Bertz CT molecular complexity index is 548. The fraction of sp³-hybridized carbons (Fsp3) is 0.333. The Morgan fingerprint density at radius 2 is 2.11 bits per heavy atom. The number of halogens is 3. The van der Waals surface area contributed by atoms with Crippen molar-refractivity contribution in [2.45, 2.75) is 19.3 Å². The fourth-order valence-electron chi connectivity index (χ4n) is 1.68. The molecule has 0 bridgehead atoms. The van der Waals surface area contributed by atoms with Gasteiger partial charge in [-0.1, -0.05) is 12.1 Å². The molecule has 0 spiro atoms. The molecule has 19 heavy (non-hydrogen) atoms. The molecule has 1 heterocycles. The predicted molar refractivity (Wildman–Crippen MR) is 63.3 cm³/mol. The zero-order chi connectivity index (χ0) is 13.9. The maximum atomic E-state index is 12.6. The van der Waals surface area contributed by atoms with E-state index in [1.165, 1.54) is 17.1 Å². The number of hydrogen-bond donors (Lipinski definition) is 1. The third kappa shape index (κ3) is 3.54. The molecule has 7 heteroatoms. The second-order valence-electron chi connectivity index (χ2n) is 4.09. The summed E-state index contributed by atoms with van der Waals surface area (Å²) in [5.41, 5.74) is -0.115. The van der Waals surface area contributed by atoms with E-state index in [9.17, 15) is 13.2 Å². The molecule has 1 aromatic carbocycles. The number of benzene rings is 1. The highest BCUT2D eigenvalue weighted by molar-refractivity contribution is 5.25. The molecule has 2 aromatic rings. The standard InChI is InChI=1S/C12H13F3N4/c1-16-6-11-17-8-19(18-11)7-9-3-2-4-10(5-9)12(13,14)15/h2-5,8,16H,6-7H2,1H3. The highest BCUT2D eigenvalue weighted by Crippen LogP contribution is 2.29. The van der Waals surface area contributed by atoms with Crippen LogP contribution in [0, 0.1) is 0 Å². The number of aromatic nitrogens is 3. The van der Waals surface area contributed by atoms with E-state index < -0.39 is 11.7 Å². The van der Waals surface area contributed by atoms with Crippen LogP contribution in [0.25, 0.3) is 0 Å². The SMILES string of the molecule is CNCc1ncn(Cc2cccc(C(F)(F)F)c2)n1. The van der Waals surface area contributed by atoms with Crippen molar-refractivity contribution in [3.8, 4) is 0 Å². The highest BCUT2D eigenvalue weighted by Gasteiger charge is 2.30. The summed E-state index contributed by atoms with van der Waals surface area (Å²) in [4.78, 5) is 4.04. The summed E-state index contributed by atoms with van der Waals surface area (Å²) in [7, 11) is 1.77. The summed E-state index contributed by atoms with van der Waals surface area (Å²) in [5.74, 6) is 0.606. The molecule has 0 aliphatic carbocycles. The third-order valence-corrected chi connectivity index (χ3v) is 2.52. The smallest absolute Gasteiger partial charge is 0.313 e. The first-order valence-electron chi connectivity index (χ1n) is 5.68. The Labute approximate surface area is 108 Å². The van der Waals surface area contributed by atoms with E-state index in [1.54, 1.807) is 13.1 Å². The molecule has 1 N–H and O–H groups in total. The van der Waals surface area contributed by atoms with Crippen molar-refractivity contribution in [2.75, 3.05) is 7.05 Å². The van der Waals surface area contributed by atoms with E-state index in [0.29, 0.717) is 17.9 Å². The molecular formula is C12H13F3N4. The first-order chi connectivity index (χ1) is 8.99. The molecular weight excluding hydrogens is 257 g/mol. The lowest BCUT2D eigenvalue weighted by atomic mass is 10.1. The van der Waals surface area contributed by atoms with Gasteiger partial charge in [-0.2, -0.15) is 18.3 Å². The van der Waals surface area contributed by atoms with Gasteiger partial charge in [0.15, 0.2) is 5.82 Å². The molecule has 0 unspecified atom stereocenters. The number of hydrogen-bond acceptors (Lipinski definition) is 3. The van der Waals surface area contributed by atoms with Crippen LogP contribution in [-0.2, 0) is 19.3 Å². The molecule has 0 aliphatic heterocycles. The van der Waals surface area contributed by atoms with Gasteiger partial charge in [0, 0.05) is 0 Å². The summed E-state index contributed by atoms with van der Waals surface area (Å²) in [5, 5.41) is 7.05. The molecule has 102 valence electrons. The lowest BCUT2D eigenvalue weighted by Crippen LogP contribution is -2.09. The maximum absolute atomic E-state index is 12.6. The average molecular weight is 270 g/mol. The Morgan fingerprint density at radius 1 is 1.32 bits per heavy atom. The first-order valence-corrected chi connectivity index (χ1v) is 5.68. The molecule has 0 saturated heterocycles. The van der Waals surface area contributed by atoms with Gasteiger partial charge in [0.1, 0.15) is 6.33 Å². The van der Waals surface area contributed by atoms with Gasteiger partial charge in [-0.25, -0.2) is 9.67 Å². The van der Waals surface area contributed by atoms with Crippen molar-refractivity contribution in [1.29, 1.82) is 0 Å². The van der Waals surface area contributed by atoms with Gasteiger partial charge in [-0.15, -0.1) is 0 Å². The largest absolute Gasteiger partial charge is 0.416 e. The Hall–Kier alpha value is -1.89. The van der Waals surface area contributed by atoms with Gasteiger partial charge < -0.3 is 5.32 Å².